The number of rotatable bonds is 7. The molecule has 1 aromatic heterocycles. The van der Waals surface area contributed by atoms with E-state index in [-0.39, 0.29) is 29.5 Å². The number of nitrogens with one attached hydrogen (secondary N) is 3. The monoisotopic (exact) mass is 470 g/mol. The van der Waals surface area contributed by atoms with Crippen LogP contribution in [0.1, 0.15) is 31.9 Å². The summed E-state index contributed by atoms with van der Waals surface area (Å²) in [5.74, 6) is 0.810. The van der Waals surface area contributed by atoms with Crippen LogP contribution in [0.3, 0.4) is 0 Å². The molecule has 0 saturated carbocycles. The zero-order valence-corrected chi connectivity index (χ0v) is 18.5. The summed E-state index contributed by atoms with van der Waals surface area (Å²) >= 11 is 0. The normalized spacial score (nSPS) is 11.8. The van der Waals surface area contributed by atoms with Crippen LogP contribution in [0.4, 0.5) is 0 Å². The number of nitrogens with zero attached hydrogens (tertiary/aromatic N) is 3. The maximum Gasteiger partial charge on any atom is 0.191 e. The molecule has 0 radical (unpaired) electrons. The Labute approximate surface area is 173 Å². The summed E-state index contributed by atoms with van der Waals surface area (Å²) in [6.07, 6.45) is 3.78. The maximum atomic E-state index is 4.29. The number of benzene rings is 1. The zero-order valence-electron chi connectivity index (χ0n) is 16.1. The minimum absolute atomic E-state index is 0. The fourth-order valence-electron chi connectivity index (χ4n) is 2.47. The molecule has 0 aliphatic rings. The number of halogens is 1. The van der Waals surface area contributed by atoms with Crippen LogP contribution >= 0.6 is 24.0 Å². The van der Waals surface area contributed by atoms with Gasteiger partial charge in [-0.05, 0) is 38.0 Å². The van der Waals surface area contributed by atoms with E-state index < -0.39 is 0 Å². The lowest BCUT2D eigenvalue weighted by Gasteiger charge is -2.21. The van der Waals surface area contributed by atoms with E-state index in [0.717, 1.165) is 32.1 Å². The standard InChI is InChI=1S/C19H30N6.HI/c1-19(2,3)23-12-11-21-18(20-4)22-14-16-8-5-6-9-17(16)15-25-13-7-10-24-25;/h5-10,13,23H,11-12,14-15H2,1-4H3,(H2,20,21,22);1H. The first-order valence-electron chi connectivity index (χ1n) is 8.72. The summed E-state index contributed by atoms with van der Waals surface area (Å²) in [5.41, 5.74) is 2.63. The van der Waals surface area contributed by atoms with Gasteiger partial charge in [-0.1, -0.05) is 24.3 Å². The molecule has 1 heterocycles. The lowest BCUT2D eigenvalue weighted by Crippen LogP contribution is -2.44. The van der Waals surface area contributed by atoms with Crippen LogP contribution in [0.15, 0.2) is 47.7 Å². The minimum Gasteiger partial charge on any atom is -0.355 e. The van der Waals surface area contributed by atoms with Gasteiger partial charge in [-0.3, -0.25) is 9.67 Å². The molecule has 2 aromatic rings. The quantitative estimate of drug-likeness (QED) is 0.252. The molecule has 2 rings (SSSR count). The largest absolute Gasteiger partial charge is 0.355 e. The zero-order chi connectivity index (χ0) is 18.1. The van der Waals surface area contributed by atoms with Gasteiger partial charge in [-0.15, -0.1) is 24.0 Å². The first-order valence-corrected chi connectivity index (χ1v) is 8.72. The number of aromatic nitrogens is 2. The van der Waals surface area contributed by atoms with Crippen molar-refractivity contribution in [2.75, 3.05) is 20.1 Å². The molecule has 0 saturated heterocycles. The average molecular weight is 470 g/mol. The van der Waals surface area contributed by atoms with Gasteiger partial charge in [0.15, 0.2) is 5.96 Å². The summed E-state index contributed by atoms with van der Waals surface area (Å²) in [5, 5.41) is 14.5. The summed E-state index contributed by atoms with van der Waals surface area (Å²) < 4.78 is 1.93. The first kappa shape index (κ1) is 22.4. The molecule has 0 unspecified atom stereocenters. The highest BCUT2D eigenvalue weighted by atomic mass is 127. The summed E-state index contributed by atoms with van der Waals surface area (Å²) in [6, 6.07) is 10.3. The fourth-order valence-corrected chi connectivity index (χ4v) is 2.47. The molecule has 0 fully saturated rings. The average Bonchev–Trinajstić information content (AvgIpc) is 3.07. The van der Waals surface area contributed by atoms with E-state index in [4.69, 9.17) is 0 Å². The second-order valence-electron chi connectivity index (χ2n) is 7.00. The molecule has 0 bridgehead atoms. The van der Waals surface area contributed by atoms with Crippen LogP contribution < -0.4 is 16.0 Å². The van der Waals surface area contributed by atoms with Gasteiger partial charge in [0.25, 0.3) is 0 Å². The van der Waals surface area contributed by atoms with Crippen molar-refractivity contribution in [3.05, 3.63) is 53.9 Å². The lowest BCUT2D eigenvalue weighted by atomic mass is 10.1. The van der Waals surface area contributed by atoms with E-state index in [0.29, 0.717) is 0 Å². The molecule has 7 heteroatoms. The van der Waals surface area contributed by atoms with Gasteiger partial charge in [-0.25, -0.2) is 0 Å². The van der Waals surface area contributed by atoms with Crippen LogP contribution in [0.5, 0.6) is 0 Å². The van der Waals surface area contributed by atoms with Crippen molar-refractivity contribution in [2.45, 2.75) is 39.4 Å². The number of guanidine groups is 1. The van der Waals surface area contributed by atoms with E-state index in [9.17, 15) is 0 Å². The van der Waals surface area contributed by atoms with Crippen LogP contribution in [0.25, 0.3) is 0 Å². The van der Waals surface area contributed by atoms with Crippen molar-refractivity contribution in [1.29, 1.82) is 0 Å². The summed E-state index contributed by atoms with van der Waals surface area (Å²) in [6.45, 7) is 9.70. The van der Waals surface area contributed by atoms with Crippen molar-refractivity contribution < 1.29 is 0 Å². The van der Waals surface area contributed by atoms with E-state index in [2.05, 4.69) is 71.1 Å². The Morgan fingerprint density at radius 3 is 2.42 bits per heavy atom. The fraction of sp³-hybridized carbons (Fsp3) is 0.474. The van der Waals surface area contributed by atoms with Crippen molar-refractivity contribution in [3.63, 3.8) is 0 Å². The molecule has 1 aromatic carbocycles. The summed E-state index contributed by atoms with van der Waals surface area (Å²) in [4.78, 5) is 4.29. The Bertz CT molecular complexity index is 661. The SMILES string of the molecule is CN=C(NCCNC(C)(C)C)NCc1ccccc1Cn1cccn1.I. The Balaban J connectivity index is 0.00000338. The summed E-state index contributed by atoms with van der Waals surface area (Å²) in [7, 11) is 1.79. The van der Waals surface area contributed by atoms with Gasteiger partial charge in [0.1, 0.15) is 0 Å². The van der Waals surface area contributed by atoms with E-state index in [1.807, 2.05) is 16.9 Å². The number of hydrogen-bond donors (Lipinski definition) is 3. The second-order valence-corrected chi connectivity index (χ2v) is 7.00. The maximum absolute atomic E-state index is 4.29. The molecular formula is C19H31IN6. The molecule has 6 nitrogen and oxygen atoms in total. The molecule has 26 heavy (non-hydrogen) atoms. The van der Waals surface area contributed by atoms with Crippen molar-refractivity contribution in [2.24, 2.45) is 4.99 Å². The highest BCUT2D eigenvalue weighted by Gasteiger charge is 2.08. The molecule has 0 spiro atoms. The molecule has 0 aliphatic heterocycles. The van der Waals surface area contributed by atoms with Crippen LogP contribution in [-0.2, 0) is 13.1 Å². The molecule has 0 atom stereocenters. The Morgan fingerprint density at radius 2 is 1.81 bits per heavy atom. The van der Waals surface area contributed by atoms with Gasteiger partial charge in [0.2, 0.25) is 0 Å². The highest BCUT2D eigenvalue weighted by molar-refractivity contribution is 14.0. The lowest BCUT2D eigenvalue weighted by molar-refractivity contribution is 0.428. The van der Waals surface area contributed by atoms with Crippen LogP contribution in [-0.4, -0.2) is 41.4 Å². The van der Waals surface area contributed by atoms with Gasteiger partial charge in [-0.2, -0.15) is 5.10 Å². The molecule has 0 amide bonds. The number of hydrogen-bond acceptors (Lipinski definition) is 3. The van der Waals surface area contributed by atoms with E-state index in [1.165, 1.54) is 11.1 Å². The molecule has 3 N–H and O–H groups in total. The van der Waals surface area contributed by atoms with Gasteiger partial charge >= 0.3 is 0 Å². The van der Waals surface area contributed by atoms with Gasteiger partial charge < -0.3 is 16.0 Å². The first-order chi connectivity index (χ1) is 12.0. The molecule has 144 valence electrons. The van der Waals surface area contributed by atoms with E-state index >= 15 is 0 Å². The van der Waals surface area contributed by atoms with Crippen LogP contribution in [0, 0.1) is 0 Å². The van der Waals surface area contributed by atoms with Crippen molar-refractivity contribution in [1.82, 2.24) is 25.7 Å². The van der Waals surface area contributed by atoms with Crippen LogP contribution in [0.2, 0.25) is 0 Å². The third-order valence-corrected chi connectivity index (χ3v) is 3.75. The second kappa shape index (κ2) is 11.2. The third kappa shape index (κ3) is 8.18. The Kier molecular flexibility index (Phi) is 9.64. The van der Waals surface area contributed by atoms with Crippen molar-refractivity contribution in [3.8, 4) is 0 Å². The molecule has 0 aliphatic carbocycles. The molecular weight excluding hydrogens is 439 g/mol. The minimum atomic E-state index is 0. The van der Waals surface area contributed by atoms with Crippen molar-refractivity contribution >= 4 is 29.9 Å². The third-order valence-electron chi connectivity index (χ3n) is 3.75. The predicted octanol–water partition coefficient (Wildman–Crippen LogP) is 2.60. The number of aliphatic imine (C=N–C) groups is 1. The predicted molar refractivity (Wildman–Crippen MR) is 119 cm³/mol. The van der Waals surface area contributed by atoms with Gasteiger partial charge in [0, 0.05) is 44.6 Å². The Hall–Kier alpha value is -1.61. The Morgan fingerprint density at radius 1 is 1.08 bits per heavy atom. The topological polar surface area (TPSA) is 66.3 Å². The van der Waals surface area contributed by atoms with E-state index in [1.54, 1.807) is 13.2 Å². The highest BCUT2D eigenvalue weighted by Crippen LogP contribution is 2.10. The smallest absolute Gasteiger partial charge is 0.191 e. The van der Waals surface area contributed by atoms with Gasteiger partial charge in [0.05, 0.1) is 6.54 Å².